The van der Waals surface area contributed by atoms with Gasteiger partial charge in [0.25, 0.3) is 5.56 Å². The topological polar surface area (TPSA) is 79.4 Å². The average molecular weight is 296 g/mol. The summed E-state index contributed by atoms with van der Waals surface area (Å²) in [5.41, 5.74) is -0.769. The molecule has 0 amide bonds. The minimum atomic E-state index is -0.769. The molecule has 0 aliphatic heterocycles. The van der Waals surface area contributed by atoms with Gasteiger partial charge in [-0.3, -0.25) is 4.79 Å². The van der Waals surface area contributed by atoms with Crippen molar-refractivity contribution in [1.82, 2.24) is 4.98 Å². The molecule has 0 saturated heterocycles. The summed E-state index contributed by atoms with van der Waals surface area (Å²) in [6, 6.07) is 4.65. The Morgan fingerprint density at radius 1 is 1.45 bits per heavy atom. The standard InChI is InChI=1S/C14H14ClNO4/c1-2-3-7-20-14(19)11-12(17)10-8(13(18)16-11)5-4-6-9(10)15/h4-6,17H,2-3,7H2,1H3,(H,16,18). The lowest BCUT2D eigenvalue weighted by Crippen LogP contribution is -2.16. The molecule has 0 radical (unpaired) electrons. The first-order valence-corrected chi connectivity index (χ1v) is 6.64. The summed E-state index contributed by atoms with van der Waals surface area (Å²) in [7, 11) is 0. The largest absolute Gasteiger partial charge is 0.505 e. The number of rotatable bonds is 4. The van der Waals surface area contributed by atoms with E-state index in [4.69, 9.17) is 16.3 Å². The average Bonchev–Trinajstić information content (AvgIpc) is 2.42. The highest BCUT2D eigenvalue weighted by atomic mass is 35.5. The fraction of sp³-hybridized carbons (Fsp3) is 0.286. The molecule has 0 spiro atoms. The van der Waals surface area contributed by atoms with Crippen LogP contribution in [0, 0.1) is 0 Å². The lowest BCUT2D eigenvalue weighted by Gasteiger charge is -2.08. The molecular weight excluding hydrogens is 282 g/mol. The number of hydrogen-bond donors (Lipinski definition) is 2. The molecule has 0 aliphatic carbocycles. The third-order valence-electron chi connectivity index (χ3n) is 2.91. The van der Waals surface area contributed by atoms with Crippen molar-refractivity contribution >= 4 is 28.3 Å². The van der Waals surface area contributed by atoms with Gasteiger partial charge in [-0.05, 0) is 18.6 Å². The molecule has 2 aromatic rings. The first-order chi connectivity index (χ1) is 9.56. The van der Waals surface area contributed by atoms with Crippen molar-refractivity contribution < 1.29 is 14.6 Å². The predicted molar refractivity (Wildman–Crippen MR) is 76.4 cm³/mol. The first kappa shape index (κ1) is 14.4. The van der Waals surface area contributed by atoms with Crippen LogP contribution in [0.2, 0.25) is 5.02 Å². The van der Waals surface area contributed by atoms with Crippen LogP contribution in [0.4, 0.5) is 0 Å². The van der Waals surface area contributed by atoms with E-state index in [9.17, 15) is 14.7 Å². The van der Waals surface area contributed by atoms with Crippen molar-refractivity contribution in [1.29, 1.82) is 0 Å². The van der Waals surface area contributed by atoms with Gasteiger partial charge in [0.15, 0.2) is 11.4 Å². The Balaban J connectivity index is 2.50. The van der Waals surface area contributed by atoms with Gasteiger partial charge in [-0.2, -0.15) is 0 Å². The molecule has 1 aromatic heterocycles. The third-order valence-corrected chi connectivity index (χ3v) is 3.22. The van der Waals surface area contributed by atoms with E-state index in [0.717, 1.165) is 6.42 Å². The first-order valence-electron chi connectivity index (χ1n) is 6.26. The molecule has 5 nitrogen and oxygen atoms in total. The Hall–Kier alpha value is -2.01. The quantitative estimate of drug-likeness (QED) is 0.671. The second-order valence-electron chi connectivity index (χ2n) is 4.33. The Kier molecular flexibility index (Phi) is 4.29. The Morgan fingerprint density at radius 2 is 2.20 bits per heavy atom. The number of H-pyrrole nitrogens is 1. The summed E-state index contributed by atoms with van der Waals surface area (Å²) in [6.07, 6.45) is 1.59. The number of esters is 1. The van der Waals surface area contributed by atoms with E-state index in [0.29, 0.717) is 6.42 Å². The summed E-state index contributed by atoms with van der Waals surface area (Å²) >= 11 is 5.97. The van der Waals surface area contributed by atoms with Crippen molar-refractivity contribution in [3.8, 4) is 5.75 Å². The fourth-order valence-corrected chi connectivity index (χ4v) is 2.11. The Morgan fingerprint density at radius 3 is 2.90 bits per heavy atom. The monoisotopic (exact) mass is 295 g/mol. The van der Waals surface area contributed by atoms with Gasteiger partial charge in [0.1, 0.15) is 0 Å². The molecule has 0 unspecified atom stereocenters. The maximum absolute atomic E-state index is 11.9. The van der Waals surface area contributed by atoms with Gasteiger partial charge in [0.05, 0.1) is 22.4 Å². The van der Waals surface area contributed by atoms with Crippen molar-refractivity contribution in [2.24, 2.45) is 0 Å². The minimum Gasteiger partial charge on any atom is -0.505 e. The van der Waals surface area contributed by atoms with Crippen molar-refractivity contribution in [2.75, 3.05) is 6.61 Å². The number of unbranched alkanes of at least 4 members (excludes halogenated alkanes) is 1. The maximum Gasteiger partial charge on any atom is 0.358 e. The van der Waals surface area contributed by atoms with Crippen molar-refractivity contribution in [3.05, 3.63) is 39.3 Å². The number of pyridine rings is 1. The number of aromatic hydroxyl groups is 1. The van der Waals surface area contributed by atoms with E-state index >= 15 is 0 Å². The molecule has 0 saturated carbocycles. The second-order valence-corrected chi connectivity index (χ2v) is 4.74. The fourth-order valence-electron chi connectivity index (χ4n) is 1.85. The summed E-state index contributed by atoms with van der Waals surface area (Å²) < 4.78 is 4.98. The number of aromatic amines is 1. The number of carbonyl (C=O) groups excluding carboxylic acids is 1. The summed E-state index contributed by atoms with van der Waals surface area (Å²) in [4.78, 5) is 26.1. The number of fused-ring (bicyclic) bond motifs is 1. The van der Waals surface area contributed by atoms with Gasteiger partial charge in [0.2, 0.25) is 0 Å². The van der Waals surface area contributed by atoms with Gasteiger partial charge in [0, 0.05) is 0 Å². The zero-order valence-corrected chi connectivity index (χ0v) is 11.7. The Bertz CT molecular complexity index is 708. The van der Waals surface area contributed by atoms with Gasteiger partial charge < -0.3 is 14.8 Å². The minimum absolute atomic E-state index is 0.153. The molecular formula is C14H14ClNO4. The molecule has 2 N–H and O–H groups in total. The van der Waals surface area contributed by atoms with Crippen LogP contribution in [0.5, 0.6) is 5.75 Å². The number of benzene rings is 1. The van der Waals surface area contributed by atoms with Crippen LogP contribution < -0.4 is 5.56 Å². The number of aromatic nitrogens is 1. The van der Waals surface area contributed by atoms with E-state index in [1.54, 1.807) is 6.07 Å². The second kappa shape index (κ2) is 5.96. The van der Waals surface area contributed by atoms with Crippen LogP contribution in [-0.2, 0) is 4.74 Å². The van der Waals surface area contributed by atoms with Gasteiger partial charge in [-0.1, -0.05) is 31.0 Å². The van der Waals surface area contributed by atoms with Crippen LogP contribution in [0.15, 0.2) is 23.0 Å². The lowest BCUT2D eigenvalue weighted by atomic mass is 10.1. The molecule has 1 aromatic carbocycles. The number of hydrogen-bond acceptors (Lipinski definition) is 4. The third kappa shape index (κ3) is 2.63. The number of ether oxygens (including phenoxy) is 1. The van der Waals surface area contributed by atoms with Crippen LogP contribution in [0.3, 0.4) is 0 Å². The van der Waals surface area contributed by atoms with Gasteiger partial charge in [-0.15, -0.1) is 0 Å². The molecule has 0 atom stereocenters. The Labute approximate surface area is 120 Å². The summed E-state index contributed by atoms with van der Waals surface area (Å²) in [5, 5.41) is 10.7. The highest BCUT2D eigenvalue weighted by molar-refractivity contribution is 6.36. The number of nitrogens with one attached hydrogen (secondary N) is 1. The summed E-state index contributed by atoms with van der Waals surface area (Å²) in [5.74, 6) is -1.14. The van der Waals surface area contributed by atoms with E-state index in [1.165, 1.54) is 12.1 Å². The van der Waals surface area contributed by atoms with Crippen LogP contribution in [0.1, 0.15) is 30.3 Å². The SMILES string of the molecule is CCCCOC(=O)c1[nH]c(=O)c2cccc(Cl)c2c1O. The smallest absolute Gasteiger partial charge is 0.358 e. The van der Waals surface area contributed by atoms with Crippen molar-refractivity contribution in [3.63, 3.8) is 0 Å². The van der Waals surface area contributed by atoms with E-state index in [1.807, 2.05) is 6.92 Å². The van der Waals surface area contributed by atoms with Gasteiger partial charge in [-0.25, -0.2) is 4.79 Å². The lowest BCUT2D eigenvalue weighted by molar-refractivity contribution is 0.0489. The van der Waals surface area contributed by atoms with E-state index < -0.39 is 11.5 Å². The molecule has 20 heavy (non-hydrogen) atoms. The molecule has 0 aliphatic rings. The van der Waals surface area contributed by atoms with Crippen LogP contribution >= 0.6 is 11.6 Å². The van der Waals surface area contributed by atoms with E-state index in [-0.39, 0.29) is 33.8 Å². The zero-order valence-electron chi connectivity index (χ0n) is 10.9. The van der Waals surface area contributed by atoms with Crippen LogP contribution in [0.25, 0.3) is 10.8 Å². The normalized spacial score (nSPS) is 10.7. The highest BCUT2D eigenvalue weighted by Crippen LogP contribution is 2.31. The van der Waals surface area contributed by atoms with E-state index in [2.05, 4.69) is 4.98 Å². The maximum atomic E-state index is 11.9. The molecule has 1 heterocycles. The predicted octanol–water partition coefficient (Wildman–Crippen LogP) is 2.84. The number of carbonyl (C=O) groups is 1. The summed E-state index contributed by atoms with van der Waals surface area (Å²) in [6.45, 7) is 2.19. The molecule has 106 valence electrons. The molecule has 6 heteroatoms. The molecule has 0 fully saturated rings. The van der Waals surface area contributed by atoms with Gasteiger partial charge >= 0.3 is 5.97 Å². The molecule has 0 bridgehead atoms. The highest BCUT2D eigenvalue weighted by Gasteiger charge is 2.19. The van der Waals surface area contributed by atoms with Crippen molar-refractivity contribution in [2.45, 2.75) is 19.8 Å². The molecule has 2 rings (SSSR count). The van der Waals surface area contributed by atoms with Crippen LogP contribution in [-0.4, -0.2) is 22.7 Å². The zero-order chi connectivity index (χ0) is 14.7. The number of halogens is 1.